The van der Waals surface area contributed by atoms with Crippen molar-refractivity contribution in [1.29, 1.82) is 0 Å². The number of aliphatic hydroxyl groups excluding tert-OH is 3. The number of nitrogens with one attached hydrogen (secondary N) is 3. The van der Waals surface area contributed by atoms with Crippen LogP contribution in [0.25, 0.3) is 0 Å². The maximum Gasteiger partial charge on any atom is 0.408 e. The predicted octanol–water partition coefficient (Wildman–Crippen LogP) is 6.14. The fourth-order valence-electron chi connectivity index (χ4n) is 5.16. The van der Waals surface area contributed by atoms with Crippen LogP contribution in [0.2, 0.25) is 0 Å². The monoisotopic (exact) mass is 1030 g/mol. The topological polar surface area (TPSA) is 293 Å². The lowest BCUT2D eigenvalue weighted by Gasteiger charge is -2.24. The number of aliphatic carboxylic acids is 2. The van der Waals surface area contributed by atoms with Crippen LogP contribution in [0.4, 0.5) is 40.7 Å². The first-order valence-corrected chi connectivity index (χ1v) is 21.0. The van der Waals surface area contributed by atoms with E-state index in [-0.39, 0.29) is 25.2 Å². The predicted molar refractivity (Wildman–Crippen MR) is 235 cm³/mol. The molecule has 3 aromatic rings. The fourth-order valence-corrected chi connectivity index (χ4v) is 5.16. The van der Waals surface area contributed by atoms with Gasteiger partial charge in [-0.05, 0) is 37.5 Å². The number of carbonyl (C=O) groups excluding carboxylic acids is 4. The van der Waals surface area contributed by atoms with E-state index >= 15 is 0 Å². The second-order valence-electron chi connectivity index (χ2n) is 14.8. The molecule has 0 aliphatic rings. The van der Waals surface area contributed by atoms with Crippen LogP contribution < -0.4 is 21.7 Å². The minimum atomic E-state index is -3.26. The van der Waals surface area contributed by atoms with Crippen molar-refractivity contribution in [2.24, 2.45) is 5.73 Å². The summed E-state index contributed by atoms with van der Waals surface area (Å²) in [6, 6.07) is 20.8. The van der Waals surface area contributed by atoms with Gasteiger partial charge >= 0.3 is 30.2 Å². The van der Waals surface area contributed by atoms with Crippen molar-refractivity contribution >= 4 is 59.3 Å². The number of carbonyl (C=O) groups is 6. The molecule has 26 heteroatoms. The van der Waals surface area contributed by atoms with Gasteiger partial charge in [0.05, 0.1) is 23.5 Å². The Hall–Kier alpha value is -6.08. The quantitative estimate of drug-likeness (QED) is 0.0329. The molecule has 6 unspecified atom stereocenters. The number of primary amides is 1. The molecule has 4 amide bonds. The second-order valence-corrected chi connectivity index (χ2v) is 15.6. The first kappa shape index (κ1) is 62.9. The Kier molecular flexibility index (Phi) is 29.1. The fraction of sp³-hybridized carbons (Fsp3) is 0.442. The van der Waals surface area contributed by atoms with E-state index in [1.165, 1.54) is 0 Å². The Balaban J connectivity index is 0.000000975. The third-order valence-corrected chi connectivity index (χ3v) is 8.20. The number of hydrogen-bond acceptors (Lipinski definition) is 12. The minimum absolute atomic E-state index is 0.0748. The van der Waals surface area contributed by atoms with Gasteiger partial charge in [-0.15, -0.1) is 23.2 Å². The third-order valence-electron chi connectivity index (χ3n) is 8.20. The Morgan fingerprint density at radius 3 is 1.09 bits per heavy atom. The van der Waals surface area contributed by atoms with Crippen molar-refractivity contribution in [3.8, 4) is 0 Å². The average Bonchev–Trinajstić information content (AvgIpc) is 3.25. The van der Waals surface area contributed by atoms with E-state index in [1.54, 1.807) is 91.0 Å². The standard InChI is InChI=1S/C14H18F2N2O4.2C14H17F2NO5.CH2Cl2/c1-14(15,16)7-10(11(19)12(17)20)18-13(21)22-8-9-5-3-2-4-6-9;1-14(15,16)7-10(18)11(12(19)20)17-13(21)22-8-9-5-3-2-4-6-9;1-14(15,16)7-10(11(18)12(19)20)17-13(21)22-8-9-5-3-2-4-6-9;2-1-3/h2-6,10-11,19H,7-8H2,1H3,(H2,17,20)(H,18,21);2*2-6,10-11,18H,7-8H2,1H3,(H,17,21)(H,19,20);1H2. The van der Waals surface area contributed by atoms with Gasteiger partial charge in [-0.1, -0.05) is 91.0 Å². The van der Waals surface area contributed by atoms with Crippen LogP contribution in [-0.2, 0) is 48.4 Å². The number of halogens is 8. The first-order valence-electron chi connectivity index (χ1n) is 19.9. The molecular weight excluding hydrogens is 981 g/mol. The molecule has 0 aliphatic heterocycles. The van der Waals surface area contributed by atoms with E-state index in [4.69, 9.17) is 53.4 Å². The molecule has 386 valence electrons. The van der Waals surface area contributed by atoms with Gasteiger partial charge in [0.25, 0.3) is 0 Å². The van der Waals surface area contributed by atoms with E-state index in [9.17, 15) is 70.4 Å². The Bertz CT molecular complexity index is 1900. The number of carboxylic acids is 2. The van der Waals surface area contributed by atoms with Crippen LogP contribution in [0.5, 0.6) is 0 Å². The maximum atomic E-state index is 13.0. The van der Waals surface area contributed by atoms with Gasteiger partial charge in [-0.3, -0.25) is 4.79 Å². The summed E-state index contributed by atoms with van der Waals surface area (Å²) >= 11 is 9.53. The lowest BCUT2D eigenvalue weighted by Crippen LogP contribution is -2.51. The summed E-state index contributed by atoms with van der Waals surface area (Å²) in [4.78, 5) is 67.2. The first-order chi connectivity index (χ1) is 32.0. The Morgan fingerprint density at radius 2 is 0.826 bits per heavy atom. The number of hydrogen-bond donors (Lipinski definition) is 9. The Morgan fingerprint density at radius 1 is 0.536 bits per heavy atom. The number of rotatable bonds is 21. The summed E-state index contributed by atoms with van der Waals surface area (Å²) in [6.07, 6.45) is -12.3. The molecule has 69 heavy (non-hydrogen) atoms. The van der Waals surface area contributed by atoms with Crippen LogP contribution in [0, 0.1) is 0 Å². The normalized spacial score (nSPS) is 13.7. The molecule has 0 radical (unpaired) electrons. The number of carboxylic acid groups (broad SMARTS) is 2. The van der Waals surface area contributed by atoms with Gasteiger partial charge in [-0.25, -0.2) is 50.3 Å². The molecule has 3 aromatic carbocycles. The highest BCUT2D eigenvalue weighted by molar-refractivity contribution is 6.40. The maximum absolute atomic E-state index is 13.0. The van der Waals surface area contributed by atoms with Crippen LogP contribution >= 0.6 is 23.2 Å². The zero-order valence-electron chi connectivity index (χ0n) is 37.1. The van der Waals surface area contributed by atoms with Gasteiger partial charge in [0.2, 0.25) is 23.7 Å². The lowest BCUT2D eigenvalue weighted by atomic mass is 10.0. The summed E-state index contributed by atoms with van der Waals surface area (Å²) in [5.41, 5.74) is 6.92. The van der Waals surface area contributed by atoms with Crippen LogP contribution in [0.3, 0.4) is 0 Å². The van der Waals surface area contributed by atoms with Gasteiger partial charge in [0.15, 0.2) is 18.2 Å². The van der Waals surface area contributed by atoms with Crippen molar-refractivity contribution in [3.63, 3.8) is 0 Å². The minimum Gasteiger partial charge on any atom is -0.480 e. The Labute approximate surface area is 402 Å². The van der Waals surface area contributed by atoms with E-state index in [0.717, 1.165) is 0 Å². The summed E-state index contributed by atoms with van der Waals surface area (Å²) in [5.74, 6) is -14.3. The van der Waals surface area contributed by atoms with E-state index in [2.05, 4.69) is 0 Å². The van der Waals surface area contributed by atoms with Crippen LogP contribution in [0.1, 0.15) is 56.7 Å². The molecule has 3 rings (SSSR count). The van der Waals surface area contributed by atoms with E-state index in [1.807, 2.05) is 16.0 Å². The van der Waals surface area contributed by atoms with Crippen molar-refractivity contribution < 1.29 is 94.9 Å². The van der Waals surface area contributed by atoms with Crippen molar-refractivity contribution in [2.75, 3.05) is 5.34 Å². The molecule has 0 saturated carbocycles. The third kappa shape index (κ3) is 31.6. The second kappa shape index (κ2) is 31.9. The number of alkyl carbamates (subject to hydrolysis) is 3. The molecule has 0 aliphatic carbocycles. The van der Waals surface area contributed by atoms with Gasteiger partial charge in [0.1, 0.15) is 19.8 Å². The molecule has 10 N–H and O–H groups in total. The molecule has 0 bridgehead atoms. The van der Waals surface area contributed by atoms with Gasteiger partial charge in [-0.2, -0.15) is 0 Å². The molecule has 18 nitrogen and oxygen atoms in total. The average molecular weight is 1040 g/mol. The molecule has 0 aromatic heterocycles. The van der Waals surface area contributed by atoms with Crippen molar-refractivity contribution in [3.05, 3.63) is 108 Å². The molecule has 6 atom stereocenters. The number of aliphatic hydroxyl groups is 3. The van der Waals surface area contributed by atoms with Crippen molar-refractivity contribution in [1.82, 2.24) is 16.0 Å². The van der Waals surface area contributed by atoms with Gasteiger partial charge in [0, 0.05) is 19.3 Å². The number of nitrogens with two attached hydrogens (primary N) is 1. The lowest BCUT2D eigenvalue weighted by molar-refractivity contribution is -0.149. The van der Waals surface area contributed by atoms with Crippen molar-refractivity contribution in [2.45, 2.75) is 114 Å². The molecule has 0 saturated heterocycles. The zero-order valence-corrected chi connectivity index (χ0v) is 38.6. The van der Waals surface area contributed by atoms with Crippen LogP contribution in [0.15, 0.2) is 91.0 Å². The molecule has 0 heterocycles. The number of amides is 4. The van der Waals surface area contributed by atoms with E-state index < -0.39 is 110 Å². The van der Waals surface area contributed by atoms with E-state index in [0.29, 0.717) is 37.5 Å². The molecule has 0 spiro atoms. The molecular formula is C43H54Cl2F6N4O14. The number of ether oxygens (including phenoxy) is 3. The zero-order chi connectivity index (χ0) is 53.0. The smallest absolute Gasteiger partial charge is 0.408 e. The summed E-state index contributed by atoms with van der Waals surface area (Å²) < 4.78 is 92.1. The molecule has 0 fully saturated rings. The number of alkyl halides is 8. The largest absolute Gasteiger partial charge is 0.480 e. The SMILES string of the molecule is CC(F)(F)CC(NC(=O)OCc1ccccc1)C(O)C(=O)O.CC(F)(F)CC(NC(=O)OCc1ccccc1)C(O)C(N)=O.CC(F)(F)CC(O)C(NC(=O)OCc1ccccc1)C(=O)O.ClCCl. The van der Waals surface area contributed by atoms with Crippen LogP contribution in [-0.4, -0.2) is 121 Å². The van der Waals surface area contributed by atoms with Gasteiger partial charge < -0.3 is 61.4 Å². The highest BCUT2D eigenvalue weighted by Gasteiger charge is 2.38. The highest BCUT2D eigenvalue weighted by atomic mass is 35.5. The summed E-state index contributed by atoms with van der Waals surface area (Å²) in [6.45, 7) is 1.41. The number of benzene rings is 3. The summed E-state index contributed by atoms with van der Waals surface area (Å²) in [5, 5.41) is 52.0. The summed E-state index contributed by atoms with van der Waals surface area (Å²) in [7, 11) is 0. The highest BCUT2D eigenvalue weighted by Crippen LogP contribution is 2.23.